The average molecular weight is 389 g/mol. The summed E-state index contributed by atoms with van der Waals surface area (Å²) in [6.07, 6.45) is -3.04. The lowest BCUT2D eigenvalue weighted by Gasteiger charge is -2.23. The summed E-state index contributed by atoms with van der Waals surface area (Å²) in [7, 11) is 1.43. The average Bonchev–Trinajstić information content (AvgIpc) is 2.50. The second-order valence-corrected chi connectivity index (χ2v) is 7.67. The van der Waals surface area contributed by atoms with Crippen molar-refractivity contribution >= 4 is 6.09 Å². The van der Waals surface area contributed by atoms with Gasteiger partial charge in [-0.15, -0.1) is 0 Å². The van der Waals surface area contributed by atoms with Crippen LogP contribution in [-0.4, -0.2) is 24.8 Å². The van der Waals surface area contributed by atoms with Gasteiger partial charge in [0, 0.05) is 6.04 Å². The number of alkyl carbamates (subject to hydrolysis) is 1. The fourth-order valence-electron chi connectivity index (χ4n) is 2.74. The predicted molar refractivity (Wildman–Crippen MR) is 99.1 cm³/mol. The van der Waals surface area contributed by atoms with Crippen LogP contribution in [0.5, 0.6) is 5.75 Å². The SMILES string of the molecule is CCCCc1cc(OC)c(CC(C)NC(=O)OC(C)(C)C)cc1C(F)(F)F. The highest BCUT2D eigenvalue weighted by molar-refractivity contribution is 5.68. The summed E-state index contributed by atoms with van der Waals surface area (Å²) in [4.78, 5) is 11.9. The number of alkyl halides is 3. The molecule has 1 N–H and O–H groups in total. The summed E-state index contributed by atoms with van der Waals surface area (Å²) >= 11 is 0. The molecule has 1 unspecified atom stereocenters. The quantitative estimate of drug-likeness (QED) is 0.669. The number of hydrogen-bond acceptors (Lipinski definition) is 3. The Morgan fingerprint density at radius 3 is 2.30 bits per heavy atom. The van der Waals surface area contributed by atoms with Gasteiger partial charge in [-0.25, -0.2) is 4.79 Å². The Labute approximate surface area is 159 Å². The number of carbonyl (C=O) groups excluding carboxylic acids is 1. The van der Waals surface area contributed by atoms with Crippen LogP contribution < -0.4 is 10.1 Å². The van der Waals surface area contributed by atoms with Crippen LogP contribution in [0.1, 0.15) is 64.2 Å². The number of benzene rings is 1. The maximum atomic E-state index is 13.5. The van der Waals surface area contributed by atoms with Gasteiger partial charge in [-0.2, -0.15) is 13.2 Å². The minimum Gasteiger partial charge on any atom is -0.496 e. The molecule has 1 aromatic carbocycles. The van der Waals surface area contributed by atoms with Crippen molar-refractivity contribution in [1.82, 2.24) is 5.32 Å². The zero-order valence-electron chi connectivity index (χ0n) is 16.9. The van der Waals surface area contributed by atoms with Crippen LogP contribution in [-0.2, 0) is 23.8 Å². The molecule has 0 bridgehead atoms. The highest BCUT2D eigenvalue weighted by atomic mass is 19.4. The van der Waals surface area contributed by atoms with Gasteiger partial charge in [-0.3, -0.25) is 0 Å². The zero-order chi connectivity index (χ0) is 20.8. The lowest BCUT2D eigenvalue weighted by Crippen LogP contribution is -2.38. The van der Waals surface area contributed by atoms with E-state index in [0.717, 1.165) is 12.5 Å². The molecule has 154 valence electrons. The van der Waals surface area contributed by atoms with Crippen molar-refractivity contribution in [1.29, 1.82) is 0 Å². The van der Waals surface area contributed by atoms with E-state index in [0.29, 0.717) is 24.2 Å². The summed E-state index contributed by atoms with van der Waals surface area (Å²) in [5.41, 5.74) is -0.658. The van der Waals surface area contributed by atoms with Gasteiger partial charge in [0.15, 0.2) is 0 Å². The molecule has 4 nitrogen and oxygen atoms in total. The topological polar surface area (TPSA) is 47.6 Å². The Hall–Kier alpha value is -1.92. The molecule has 0 aromatic heterocycles. The van der Waals surface area contributed by atoms with Crippen LogP contribution in [0.25, 0.3) is 0 Å². The lowest BCUT2D eigenvalue weighted by atomic mass is 9.95. The predicted octanol–water partition coefficient (Wildman–Crippen LogP) is 5.51. The molecule has 0 spiro atoms. The Kier molecular flexibility index (Phi) is 7.99. The van der Waals surface area contributed by atoms with E-state index in [1.54, 1.807) is 27.7 Å². The molecule has 1 aromatic rings. The Balaban J connectivity index is 3.06. The Morgan fingerprint density at radius 2 is 1.81 bits per heavy atom. The molecule has 0 saturated heterocycles. The number of unbranched alkanes of at least 4 members (excludes halogenated alkanes) is 1. The number of carbonyl (C=O) groups is 1. The van der Waals surface area contributed by atoms with E-state index >= 15 is 0 Å². The van der Waals surface area contributed by atoms with Gasteiger partial charge in [0.05, 0.1) is 12.7 Å². The fraction of sp³-hybridized carbons (Fsp3) is 0.650. The molecule has 0 heterocycles. The maximum Gasteiger partial charge on any atom is 0.416 e. The van der Waals surface area contributed by atoms with Crippen molar-refractivity contribution in [3.63, 3.8) is 0 Å². The third-order valence-corrected chi connectivity index (χ3v) is 3.90. The first kappa shape index (κ1) is 23.1. The van der Waals surface area contributed by atoms with E-state index in [-0.39, 0.29) is 12.0 Å². The molecular formula is C20H30F3NO3. The van der Waals surface area contributed by atoms with Gasteiger partial charge in [0.25, 0.3) is 0 Å². The minimum atomic E-state index is -4.44. The Morgan fingerprint density at radius 1 is 1.19 bits per heavy atom. The van der Waals surface area contributed by atoms with Crippen molar-refractivity contribution in [2.45, 2.75) is 78.1 Å². The van der Waals surface area contributed by atoms with Gasteiger partial charge >= 0.3 is 12.3 Å². The number of ether oxygens (including phenoxy) is 2. The maximum absolute atomic E-state index is 13.5. The lowest BCUT2D eigenvalue weighted by molar-refractivity contribution is -0.138. The van der Waals surface area contributed by atoms with Crippen LogP contribution in [0.4, 0.5) is 18.0 Å². The summed E-state index contributed by atoms with van der Waals surface area (Å²) in [6.45, 7) is 8.87. The molecular weight excluding hydrogens is 359 g/mol. The van der Waals surface area contributed by atoms with E-state index in [1.807, 2.05) is 6.92 Å². The molecule has 1 amide bonds. The van der Waals surface area contributed by atoms with E-state index in [1.165, 1.54) is 13.2 Å². The van der Waals surface area contributed by atoms with E-state index < -0.39 is 29.5 Å². The first-order valence-corrected chi connectivity index (χ1v) is 9.13. The standard InChI is InChI=1S/C20H30F3NO3/c1-7-8-9-14-12-17(26-6)15(11-16(14)20(21,22)23)10-13(2)24-18(25)27-19(3,4)5/h11-13H,7-10H2,1-6H3,(H,24,25). The molecule has 27 heavy (non-hydrogen) atoms. The number of rotatable bonds is 7. The number of aryl methyl sites for hydroxylation is 1. The van der Waals surface area contributed by atoms with Crippen molar-refractivity contribution in [3.05, 3.63) is 28.8 Å². The molecule has 1 rings (SSSR count). The molecule has 0 saturated carbocycles. The summed E-state index contributed by atoms with van der Waals surface area (Å²) < 4.78 is 51.0. The smallest absolute Gasteiger partial charge is 0.416 e. The first-order chi connectivity index (χ1) is 12.4. The first-order valence-electron chi connectivity index (χ1n) is 9.13. The second kappa shape index (κ2) is 9.33. The van der Waals surface area contributed by atoms with Crippen LogP contribution in [0, 0.1) is 0 Å². The number of amides is 1. The van der Waals surface area contributed by atoms with Crippen LogP contribution in [0.2, 0.25) is 0 Å². The molecule has 0 fully saturated rings. The second-order valence-electron chi connectivity index (χ2n) is 7.67. The third kappa shape index (κ3) is 7.69. The van der Waals surface area contributed by atoms with Gasteiger partial charge in [0.1, 0.15) is 11.4 Å². The number of methoxy groups -OCH3 is 1. The monoisotopic (exact) mass is 389 g/mol. The summed E-state index contributed by atoms with van der Waals surface area (Å²) in [5, 5.41) is 2.65. The number of hydrogen-bond donors (Lipinski definition) is 1. The van der Waals surface area contributed by atoms with Gasteiger partial charge < -0.3 is 14.8 Å². The normalized spacial score (nSPS) is 13.2. The molecule has 0 radical (unpaired) electrons. The number of halogens is 3. The molecule has 7 heteroatoms. The van der Waals surface area contributed by atoms with Crippen molar-refractivity contribution < 1.29 is 27.4 Å². The molecule has 0 aliphatic rings. The number of nitrogens with one attached hydrogen (secondary N) is 1. The summed E-state index contributed by atoms with van der Waals surface area (Å²) in [5.74, 6) is 0.395. The van der Waals surface area contributed by atoms with Crippen LogP contribution in [0.3, 0.4) is 0 Å². The van der Waals surface area contributed by atoms with Gasteiger partial charge in [-0.05, 0) is 70.2 Å². The van der Waals surface area contributed by atoms with Gasteiger partial charge in [0.2, 0.25) is 0 Å². The largest absolute Gasteiger partial charge is 0.496 e. The van der Waals surface area contributed by atoms with Crippen LogP contribution >= 0.6 is 0 Å². The van der Waals surface area contributed by atoms with Gasteiger partial charge in [-0.1, -0.05) is 13.3 Å². The van der Waals surface area contributed by atoms with E-state index in [9.17, 15) is 18.0 Å². The fourth-order valence-corrected chi connectivity index (χ4v) is 2.74. The molecule has 0 aliphatic heterocycles. The van der Waals surface area contributed by atoms with Crippen molar-refractivity contribution in [2.75, 3.05) is 7.11 Å². The molecule has 1 atom stereocenters. The van der Waals surface area contributed by atoms with Crippen molar-refractivity contribution in [2.24, 2.45) is 0 Å². The van der Waals surface area contributed by atoms with E-state index in [4.69, 9.17) is 9.47 Å². The Bertz CT molecular complexity index is 637. The minimum absolute atomic E-state index is 0.194. The zero-order valence-corrected chi connectivity index (χ0v) is 16.9. The molecule has 0 aliphatic carbocycles. The summed E-state index contributed by atoms with van der Waals surface area (Å²) in [6, 6.07) is 2.18. The highest BCUT2D eigenvalue weighted by Gasteiger charge is 2.34. The van der Waals surface area contributed by atoms with Crippen LogP contribution in [0.15, 0.2) is 12.1 Å². The highest BCUT2D eigenvalue weighted by Crippen LogP contribution is 2.37. The third-order valence-electron chi connectivity index (χ3n) is 3.90. The van der Waals surface area contributed by atoms with E-state index in [2.05, 4.69) is 5.32 Å². The van der Waals surface area contributed by atoms with Crippen molar-refractivity contribution in [3.8, 4) is 5.75 Å².